The maximum absolute atomic E-state index is 13.5. The van der Waals surface area contributed by atoms with Crippen LogP contribution in [0.1, 0.15) is 40.2 Å². The Morgan fingerprint density at radius 3 is 2.23 bits per heavy atom. The minimum Gasteiger partial charge on any atom is -0.504 e. The fourth-order valence-electron chi connectivity index (χ4n) is 7.89. The number of rotatable bonds is 12. The summed E-state index contributed by atoms with van der Waals surface area (Å²) in [6.07, 6.45) is -14.0. The van der Waals surface area contributed by atoms with Crippen LogP contribution in [0.3, 0.4) is 0 Å². The van der Waals surface area contributed by atoms with Gasteiger partial charge in [0.2, 0.25) is 12.4 Å². The number of esters is 6. The van der Waals surface area contributed by atoms with E-state index in [4.69, 9.17) is 42.6 Å². The summed E-state index contributed by atoms with van der Waals surface area (Å²) in [5.41, 5.74) is -3.81. The average Bonchev–Trinajstić information content (AvgIpc) is 3.41. The summed E-state index contributed by atoms with van der Waals surface area (Å²) in [6, 6.07) is 3.79. The van der Waals surface area contributed by atoms with Crippen LogP contribution < -0.4 is 0 Å². The van der Waals surface area contributed by atoms with Crippen LogP contribution in [0.25, 0.3) is 6.08 Å². The quantitative estimate of drug-likeness (QED) is 0.0529. The van der Waals surface area contributed by atoms with E-state index in [1.807, 2.05) is 0 Å². The molecule has 5 rings (SSSR count). The number of aromatic hydroxyl groups is 2. The van der Waals surface area contributed by atoms with Crippen molar-refractivity contribution < 1.29 is 107 Å². The van der Waals surface area contributed by atoms with E-state index in [-0.39, 0.29) is 11.3 Å². The third-order valence-electron chi connectivity index (χ3n) is 11.0. The Labute approximate surface area is 347 Å². The van der Waals surface area contributed by atoms with E-state index < -0.39 is 145 Å². The Kier molecular flexibility index (Phi) is 14.0. The van der Waals surface area contributed by atoms with Crippen LogP contribution in [0.4, 0.5) is 0 Å². The molecular formula is C39H48O22. The summed E-state index contributed by atoms with van der Waals surface area (Å²) in [6.45, 7) is 4.41. The molecule has 0 bridgehead atoms. The Morgan fingerprint density at radius 1 is 0.918 bits per heavy atom. The summed E-state index contributed by atoms with van der Waals surface area (Å²) in [4.78, 5) is 78.1. The highest BCUT2D eigenvalue weighted by molar-refractivity contribution is 5.90. The van der Waals surface area contributed by atoms with Gasteiger partial charge >= 0.3 is 35.8 Å². The molecule has 0 spiro atoms. The number of carbonyl (C=O) groups is 6. The van der Waals surface area contributed by atoms with Gasteiger partial charge in [-0.05, 0) is 37.6 Å². The van der Waals surface area contributed by atoms with Crippen molar-refractivity contribution in [1.29, 1.82) is 0 Å². The molecule has 1 saturated carbocycles. The van der Waals surface area contributed by atoms with Gasteiger partial charge in [-0.2, -0.15) is 0 Å². The van der Waals surface area contributed by atoms with Gasteiger partial charge in [0.25, 0.3) is 0 Å². The van der Waals surface area contributed by atoms with Crippen LogP contribution >= 0.6 is 0 Å². The molecule has 1 aromatic carbocycles. The summed E-state index contributed by atoms with van der Waals surface area (Å²) >= 11 is 0. The summed E-state index contributed by atoms with van der Waals surface area (Å²) in [7, 11) is 1.01. The van der Waals surface area contributed by atoms with Crippen molar-refractivity contribution >= 4 is 41.9 Å². The number of methoxy groups -OCH3 is 1. The van der Waals surface area contributed by atoms with Crippen LogP contribution in [0.5, 0.6) is 11.5 Å². The third kappa shape index (κ3) is 9.44. The molecule has 3 fully saturated rings. The van der Waals surface area contributed by atoms with E-state index in [1.165, 1.54) is 45.0 Å². The van der Waals surface area contributed by atoms with Gasteiger partial charge in [-0.25, -0.2) is 19.2 Å². The molecule has 0 unspecified atom stereocenters. The van der Waals surface area contributed by atoms with E-state index >= 15 is 0 Å². The van der Waals surface area contributed by atoms with E-state index in [2.05, 4.69) is 0 Å². The third-order valence-corrected chi connectivity index (χ3v) is 11.0. The van der Waals surface area contributed by atoms with Gasteiger partial charge < -0.3 is 78.4 Å². The van der Waals surface area contributed by atoms with Crippen molar-refractivity contribution in [1.82, 2.24) is 0 Å². The van der Waals surface area contributed by atoms with E-state index in [1.54, 1.807) is 0 Å². The van der Waals surface area contributed by atoms with Crippen LogP contribution in [0.15, 0.2) is 36.1 Å². The summed E-state index contributed by atoms with van der Waals surface area (Å²) in [5.74, 6) is -11.4. The molecule has 22 heteroatoms. The number of cyclic esters (lactones) is 1. The normalized spacial score (nSPS) is 35.4. The predicted octanol–water partition coefficient (Wildman–Crippen LogP) is -1.78. The van der Waals surface area contributed by atoms with Crippen molar-refractivity contribution in [3.05, 3.63) is 41.7 Å². The van der Waals surface area contributed by atoms with Crippen molar-refractivity contribution in [2.45, 2.75) is 102 Å². The van der Waals surface area contributed by atoms with Crippen molar-refractivity contribution in [3.63, 3.8) is 0 Å². The second kappa shape index (κ2) is 18.3. The predicted molar refractivity (Wildman–Crippen MR) is 195 cm³/mol. The lowest BCUT2D eigenvalue weighted by molar-refractivity contribution is -0.347. The van der Waals surface area contributed by atoms with E-state index in [9.17, 15) is 64.5 Å². The number of carbonyl (C=O) groups excluding carboxylic acids is 6. The van der Waals surface area contributed by atoms with E-state index in [0.717, 1.165) is 33.3 Å². The zero-order valence-corrected chi connectivity index (χ0v) is 33.6. The number of aliphatic hydroxyl groups is 5. The minimum absolute atomic E-state index is 0.322. The van der Waals surface area contributed by atoms with Crippen molar-refractivity contribution in [3.8, 4) is 11.5 Å². The first-order valence-corrected chi connectivity index (χ1v) is 18.8. The highest BCUT2D eigenvalue weighted by atomic mass is 16.8. The number of aliphatic hydroxyl groups excluding tert-OH is 4. The molecule has 0 radical (unpaired) electrons. The lowest BCUT2D eigenvalue weighted by Gasteiger charge is -2.44. The number of fused-ring (bicyclic) bond motifs is 1. The molecule has 3 heterocycles. The van der Waals surface area contributed by atoms with Gasteiger partial charge in [0.15, 0.2) is 30.5 Å². The summed E-state index contributed by atoms with van der Waals surface area (Å²) < 4.78 is 48.9. The maximum atomic E-state index is 13.5. The fourth-order valence-corrected chi connectivity index (χ4v) is 7.89. The number of hydrogen-bond donors (Lipinski definition) is 7. The van der Waals surface area contributed by atoms with Gasteiger partial charge in [0.1, 0.15) is 42.2 Å². The van der Waals surface area contributed by atoms with E-state index in [0.29, 0.717) is 5.56 Å². The smallest absolute Gasteiger partial charge is 0.348 e. The molecule has 3 aliphatic heterocycles. The topological polar surface area (TPSA) is 327 Å². The largest absolute Gasteiger partial charge is 0.504 e. The maximum Gasteiger partial charge on any atom is 0.348 e. The van der Waals surface area contributed by atoms with Gasteiger partial charge in [-0.15, -0.1) is 0 Å². The van der Waals surface area contributed by atoms with Crippen LogP contribution in [-0.2, 0) is 71.4 Å². The first kappa shape index (κ1) is 46.7. The van der Waals surface area contributed by atoms with Crippen LogP contribution in [-0.4, -0.2) is 159 Å². The average molecular weight is 869 g/mol. The fraction of sp³-hybridized carbons (Fsp3) is 0.590. The standard InChI is InChI=1S/C39H48O22/c1-15-30(59-22(44)10-8-17-7-9-19(42)20(43)11-17)38(3,4)32(60-33(15)49)35(51)54-14-23(45)58-29-24-18(34(50)53-6)13-55-36(25(24)39(5,52)31(29)56-16(2)41)61-37-28(48)27(47)26(46)21(12-40)57-37/h7-11,13,15,21,24-32,36-37,40,42-43,46-48,52H,12,14H2,1-6H3/t15-,21-,24+,25+,26-,27+,28-,29-,30-,31+,32+,36-,37+,39-/m0/s1. The Hall–Kier alpha value is -5.36. The lowest BCUT2D eigenvalue weighted by atomic mass is 9.73. The Bertz CT molecular complexity index is 1920. The number of phenols is 2. The molecule has 61 heavy (non-hydrogen) atoms. The number of ether oxygens (including phenoxy) is 9. The molecule has 14 atom stereocenters. The van der Waals surface area contributed by atoms with Crippen molar-refractivity contribution in [2.24, 2.45) is 23.2 Å². The first-order chi connectivity index (χ1) is 28.5. The SMILES string of the molecule is COC(=O)C1=CO[C@@H](O[C@H]2O[C@@H](CO)[C@H](O)[C@@H](O)[C@@H]2O)[C@H]2[C@@H]1[C@H](OC(=O)COC(=O)[C@H]1OC(=O)[C@@H](C)[C@H](OC(=O)C=Cc3ccc(O)c(O)c3)C1(C)C)[C@@H](OC(C)=O)[C@@]2(C)O. The van der Waals surface area contributed by atoms with Crippen molar-refractivity contribution in [2.75, 3.05) is 20.3 Å². The first-order valence-electron chi connectivity index (χ1n) is 18.8. The monoisotopic (exact) mass is 868 g/mol. The molecule has 2 saturated heterocycles. The number of phenolic OH excluding ortho intramolecular Hbond substituents is 2. The van der Waals surface area contributed by atoms with Gasteiger partial charge in [-0.3, -0.25) is 9.59 Å². The zero-order valence-electron chi connectivity index (χ0n) is 33.6. The molecule has 7 N–H and O–H groups in total. The zero-order chi connectivity index (χ0) is 45.3. The lowest BCUT2D eigenvalue weighted by Crippen LogP contribution is -2.61. The van der Waals surface area contributed by atoms with Crippen LogP contribution in [0.2, 0.25) is 0 Å². The second-order valence-electron chi connectivity index (χ2n) is 15.6. The molecule has 4 aliphatic rings. The molecular weight excluding hydrogens is 820 g/mol. The summed E-state index contributed by atoms with van der Waals surface area (Å²) in [5, 5.41) is 72.0. The molecule has 22 nitrogen and oxygen atoms in total. The van der Waals surface area contributed by atoms with Gasteiger partial charge in [0, 0.05) is 18.9 Å². The van der Waals surface area contributed by atoms with Crippen LogP contribution in [0, 0.1) is 23.2 Å². The highest BCUT2D eigenvalue weighted by Crippen LogP contribution is 2.52. The molecule has 0 amide bonds. The number of hydrogen-bond acceptors (Lipinski definition) is 22. The Balaban J connectivity index is 1.34. The molecule has 1 aromatic rings. The molecule has 1 aliphatic carbocycles. The number of benzene rings is 1. The Morgan fingerprint density at radius 2 is 1.61 bits per heavy atom. The van der Waals surface area contributed by atoms with Gasteiger partial charge in [-0.1, -0.05) is 19.9 Å². The molecule has 336 valence electrons. The highest BCUT2D eigenvalue weighted by Gasteiger charge is 2.68. The minimum atomic E-state index is -2.31. The van der Waals surface area contributed by atoms with Gasteiger partial charge in [0.05, 0.1) is 42.8 Å². The molecule has 0 aromatic heterocycles. The second-order valence-corrected chi connectivity index (χ2v) is 15.6.